The van der Waals surface area contributed by atoms with E-state index in [0.717, 1.165) is 12.1 Å². The van der Waals surface area contributed by atoms with E-state index >= 15 is 0 Å². The fourth-order valence-electron chi connectivity index (χ4n) is 1.58. The van der Waals surface area contributed by atoms with Gasteiger partial charge in [-0.3, -0.25) is 19.0 Å². The van der Waals surface area contributed by atoms with Gasteiger partial charge in [0, 0.05) is 31.4 Å². The van der Waals surface area contributed by atoms with E-state index in [4.69, 9.17) is 0 Å². The quantitative estimate of drug-likeness (QED) is 0.802. The van der Waals surface area contributed by atoms with Gasteiger partial charge in [-0.1, -0.05) is 0 Å². The molecule has 2 rings (SSSR count). The van der Waals surface area contributed by atoms with Crippen molar-refractivity contribution in [2.75, 3.05) is 5.32 Å². The first-order valence-electron chi connectivity index (χ1n) is 5.94. The Morgan fingerprint density at radius 3 is 2.58 bits per heavy atom. The van der Waals surface area contributed by atoms with Crippen molar-refractivity contribution in [2.24, 2.45) is 0 Å². The van der Waals surface area contributed by atoms with Gasteiger partial charge < -0.3 is 5.32 Å². The maximum atomic E-state index is 11.2. The third-order valence-corrected chi connectivity index (χ3v) is 2.57. The van der Waals surface area contributed by atoms with Gasteiger partial charge in [0.2, 0.25) is 5.78 Å². The lowest BCUT2D eigenvalue weighted by Gasteiger charge is -1.98. The zero-order chi connectivity index (χ0) is 13.8. The van der Waals surface area contributed by atoms with Crippen molar-refractivity contribution in [2.45, 2.75) is 26.9 Å². The van der Waals surface area contributed by atoms with E-state index < -0.39 is 11.7 Å². The Morgan fingerprint density at radius 1 is 1.21 bits per heavy atom. The zero-order valence-corrected chi connectivity index (χ0v) is 10.8. The summed E-state index contributed by atoms with van der Waals surface area (Å²) in [6.07, 6.45) is 6.89. The van der Waals surface area contributed by atoms with E-state index in [9.17, 15) is 9.59 Å². The van der Waals surface area contributed by atoms with Crippen molar-refractivity contribution < 1.29 is 9.59 Å². The number of aromatic nitrogens is 4. The smallest absolute Gasteiger partial charge is 0.291 e. The van der Waals surface area contributed by atoms with Crippen LogP contribution in [-0.2, 0) is 22.7 Å². The monoisotopic (exact) mass is 261 g/mol. The first-order chi connectivity index (χ1) is 9.08. The summed E-state index contributed by atoms with van der Waals surface area (Å²) in [5.41, 5.74) is 1.53. The average molecular weight is 261 g/mol. The minimum absolute atomic E-state index is 0.503. The number of carbonyl (C=O) groups is 2. The lowest BCUT2D eigenvalue weighted by molar-refractivity contribution is -0.133. The summed E-state index contributed by atoms with van der Waals surface area (Å²) in [5.74, 6) is -1.17. The van der Waals surface area contributed by atoms with Gasteiger partial charge in [0.05, 0.1) is 24.6 Å². The number of amides is 1. The Morgan fingerprint density at radius 2 is 1.95 bits per heavy atom. The molecule has 0 aliphatic rings. The summed E-state index contributed by atoms with van der Waals surface area (Å²) in [5, 5.41) is 10.8. The van der Waals surface area contributed by atoms with Crippen LogP contribution in [0.15, 0.2) is 24.8 Å². The van der Waals surface area contributed by atoms with Crippen LogP contribution in [0.25, 0.3) is 0 Å². The predicted molar refractivity (Wildman–Crippen MR) is 68.5 cm³/mol. The number of aryl methyl sites for hydroxylation is 1. The second-order valence-electron chi connectivity index (χ2n) is 4.14. The molecule has 0 fully saturated rings. The van der Waals surface area contributed by atoms with Crippen LogP contribution >= 0.6 is 0 Å². The second kappa shape index (κ2) is 5.47. The molecule has 0 aliphatic carbocycles. The molecule has 0 saturated carbocycles. The Bertz CT molecular complexity index is 599. The van der Waals surface area contributed by atoms with E-state index in [0.29, 0.717) is 12.2 Å². The highest BCUT2D eigenvalue weighted by Gasteiger charge is 2.09. The normalized spacial score (nSPS) is 10.4. The van der Waals surface area contributed by atoms with Crippen LogP contribution in [0.2, 0.25) is 0 Å². The Kier molecular flexibility index (Phi) is 3.74. The van der Waals surface area contributed by atoms with Crippen LogP contribution in [0.5, 0.6) is 0 Å². The molecule has 0 radical (unpaired) electrons. The van der Waals surface area contributed by atoms with Crippen LogP contribution in [0.4, 0.5) is 5.69 Å². The van der Waals surface area contributed by atoms with Gasteiger partial charge in [-0.05, 0) is 6.92 Å². The van der Waals surface area contributed by atoms with Crippen LogP contribution in [0, 0.1) is 0 Å². The zero-order valence-electron chi connectivity index (χ0n) is 10.8. The second-order valence-corrected chi connectivity index (χ2v) is 4.14. The molecule has 0 saturated heterocycles. The third-order valence-electron chi connectivity index (χ3n) is 2.57. The molecule has 2 aromatic heterocycles. The number of Topliss-reactive ketones (excluding diaryl/α,β-unsaturated/α-hetero) is 1. The fraction of sp³-hybridized carbons (Fsp3) is 0.333. The molecule has 0 bridgehead atoms. The number of hydrogen-bond acceptors (Lipinski definition) is 4. The molecule has 0 atom stereocenters. The van der Waals surface area contributed by atoms with Gasteiger partial charge in [-0.2, -0.15) is 10.2 Å². The summed E-state index contributed by atoms with van der Waals surface area (Å²) < 4.78 is 3.50. The van der Waals surface area contributed by atoms with Gasteiger partial charge in [0.25, 0.3) is 5.91 Å². The van der Waals surface area contributed by atoms with E-state index in [1.54, 1.807) is 17.1 Å². The summed E-state index contributed by atoms with van der Waals surface area (Å²) in [4.78, 5) is 22.0. The predicted octanol–water partition coefficient (Wildman–Crippen LogP) is 0.675. The van der Waals surface area contributed by atoms with Gasteiger partial charge in [0.1, 0.15) is 0 Å². The van der Waals surface area contributed by atoms with Gasteiger partial charge in [0.15, 0.2) is 0 Å². The molecule has 7 heteroatoms. The first kappa shape index (κ1) is 13.0. The lowest BCUT2D eigenvalue weighted by atomic mass is 10.3. The van der Waals surface area contributed by atoms with Crippen molar-refractivity contribution in [3.63, 3.8) is 0 Å². The molecule has 1 N–H and O–H groups in total. The van der Waals surface area contributed by atoms with Crippen molar-refractivity contribution in [1.29, 1.82) is 0 Å². The average Bonchev–Trinajstić information content (AvgIpc) is 2.99. The van der Waals surface area contributed by atoms with Crippen LogP contribution in [0.3, 0.4) is 0 Å². The molecule has 0 aromatic carbocycles. The molecule has 19 heavy (non-hydrogen) atoms. The standard InChI is InChI=1S/C12H15N5O2/c1-3-16-6-10(4-13-16)7-17-8-11(5-14-17)15-12(19)9(2)18/h4-6,8H,3,7H2,1-2H3,(H,15,19). The maximum absolute atomic E-state index is 11.2. The van der Waals surface area contributed by atoms with Crippen molar-refractivity contribution in [3.8, 4) is 0 Å². The van der Waals surface area contributed by atoms with E-state index in [2.05, 4.69) is 15.5 Å². The topological polar surface area (TPSA) is 81.8 Å². The summed E-state index contributed by atoms with van der Waals surface area (Å²) >= 11 is 0. The molecule has 2 heterocycles. The molecule has 1 amide bonds. The van der Waals surface area contributed by atoms with Crippen LogP contribution in [-0.4, -0.2) is 31.3 Å². The highest BCUT2D eigenvalue weighted by Crippen LogP contribution is 2.07. The molecule has 7 nitrogen and oxygen atoms in total. The molecule has 2 aromatic rings. The van der Waals surface area contributed by atoms with E-state index in [1.165, 1.54) is 13.1 Å². The first-order valence-corrected chi connectivity index (χ1v) is 5.94. The summed E-state index contributed by atoms with van der Waals surface area (Å²) in [7, 11) is 0. The van der Waals surface area contributed by atoms with Gasteiger partial charge in [-0.15, -0.1) is 0 Å². The number of nitrogens with one attached hydrogen (secondary N) is 1. The largest absolute Gasteiger partial charge is 0.317 e. The minimum atomic E-state index is -0.640. The molecule has 0 unspecified atom stereocenters. The summed E-state index contributed by atoms with van der Waals surface area (Å²) in [6, 6.07) is 0. The molecular weight excluding hydrogens is 246 g/mol. The number of rotatable bonds is 5. The number of hydrogen-bond donors (Lipinski definition) is 1. The van der Waals surface area contributed by atoms with E-state index in [1.807, 2.05) is 17.8 Å². The molecule has 0 spiro atoms. The van der Waals surface area contributed by atoms with Gasteiger partial charge >= 0.3 is 0 Å². The van der Waals surface area contributed by atoms with Gasteiger partial charge in [-0.25, -0.2) is 0 Å². The van der Waals surface area contributed by atoms with Crippen LogP contribution in [0.1, 0.15) is 19.4 Å². The Balaban J connectivity index is 2.01. The fourth-order valence-corrected chi connectivity index (χ4v) is 1.58. The van der Waals surface area contributed by atoms with Crippen molar-refractivity contribution in [1.82, 2.24) is 19.6 Å². The highest BCUT2D eigenvalue weighted by molar-refractivity contribution is 6.39. The summed E-state index contributed by atoms with van der Waals surface area (Å²) in [6.45, 7) is 4.62. The minimum Gasteiger partial charge on any atom is -0.317 e. The molecular formula is C12H15N5O2. The number of nitrogens with zero attached hydrogens (tertiary/aromatic N) is 4. The third kappa shape index (κ3) is 3.27. The SMILES string of the molecule is CCn1cc(Cn2cc(NC(=O)C(C)=O)cn2)cn1. The highest BCUT2D eigenvalue weighted by atomic mass is 16.2. The van der Waals surface area contributed by atoms with E-state index in [-0.39, 0.29) is 0 Å². The number of anilines is 1. The van der Waals surface area contributed by atoms with Crippen LogP contribution < -0.4 is 5.32 Å². The van der Waals surface area contributed by atoms with Crippen molar-refractivity contribution in [3.05, 3.63) is 30.4 Å². The Hall–Kier alpha value is -2.44. The number of ketones is 1. The molecule has 100 valence electrons. The molecule has 0 aliphatic heterocycles. The Labute approximate surface area is 110 Å². The van der Waals surface area contributed by atoms with Crippen molar-refractivity contribution >= 4 is 17.4 Å². The lowest BCUT2D eigenvalue weighted by Crippen LogP contribution is -2.19. The maximum Gasteiger partial charge on any atom is 0.291 e. The number of carbonyl (C=O) groups excluding carboxylic acids is 2.